The van der Waals surface area contributed by atoms with Gasteiger partial charge >= 0.3 is 0 Å². The average Bonchev–Trinajstić information content (AvgIpc) is 2.81. The molecule has 3 heterocycles. The molecule has 0 unspecified atom stereocenters. The molecule has 92 valence electrons. The lowest BCUT2D eigenvalue weighted by molar-refractivity contribution is 1.18. The minimum atomic E-state index is 0.635. The van der Waals surface area contributed by atoms with Crippen molar-refractivity contribution in [1.29, 1.82) is 0 Å². The first-order valence-electron chi connectivity index (χ1n) is 5.25. The molecule has 0 aliphatic rings. The highest BCUT2D eigenvalue weighted by molar-refractivity contribution is 9.10. The topological polar surface area (TPSA) is 43.3 Å². The molecule has 3 nitrogen and oxygen atoms in total. The van der Waals surface area contributed by atoms with Gasteiger partial charge in [0.05, 0.1) is 4.88 Å². The third-order valence-corrected chi connectivity index (χ3v) is 5.18. The highest BCUT2D eigenvalue weighted by Crippen LogP contribution is 2.39. The summed E-state index contributed by atoms with van der Waals surface area (Å²) in [5.41, 5.74) is 8.91. The molecule has 0 atom stereocenters. The first kappa shape index (κ1) is 12.0. The SMILES string of the molecule is Cc1ccn2c(N)c(-c3cc(Br)c(Cl)s3)nc2c1. The van der Waals surface area contributed by atoms with Gasteiger partial charge in [-0.2, -0.15) is 0 Å². The Balaban J connectivity index is 2.26. The van der Waals surface area contributed by atoms with Gasteiger partial charge in [-0.1, -0.05) is 11.6 Å². The van der Waals surface area contributed by atoms with Crippen molar-refractivity contribution in [2.24, 2.45) is 0 Å². The second kappa shape index (κ2) is 4.26. The predicted molar refractivity (Wildman–Crippen MR) is 80.4 cm³/mol. The molecule has 0 amide bonds. The van der Waals surface area contributed by atoms with Gasteiger partial charge in [-0.05, 0) is 46.6 Å². The number of aromatic nitrogens is 2. The Bertz CT molecular complexity index is 728. The number of nitrogens with zero attached hydrogens (tertiary/aromatic N) is 2. The lowest BCUT2D eigenvalue weighted by atomic mass is 10.3. The van der Waals surface area contributed by atoms with Crippen molar-refractivity contribution >= 4 is 50.3 Å². The van der Waals surface area contributed by atoms with E-state index in [1.165, 1.54) is 11.3 Å². The van der Waals surface area contributed by atoms with E-state index in [-0.39, 0.29) is 0 Å². The van der Waals surface area contributed by atoms with Crippen molar-refractivity contribution in [2.75, 3.05) is 5.73 Å². The number of aryl methyl sites for hydroxylation is 1. The second-order valence-corrected chi connectivity index (χ2v) is 6.52. The fourth-order valence-electron chi connectivity index (χ4n) is 1.81. The van der Waals surface area contributed by atoms with Gasteiger partial charge in [0.25, 0.3) is 0 Å². The fourth-order valence-corrected chi connectivity index (χ4v) is 3.51. The van der Waals surface area contributed by atoms with Crippen LogP contribution in [-0.4, -0.2) is 9.38 Å². The lowest BCUT2D eigenvalue weighted by Gasteiger charge is -1.97. The highest BCUT2D eigenvalue weighted by Gasteiger charge is 2.15. The van der Waals surface area contributed by atoms with E-state index in [4.69, 9.17) is 17.3 Å². The van der Waals surface area contributed by atoms with Crippen LogP contribution in [0.25, 0.3) is 16.2 Å². The van der Waals surface area contributed by atoms with Crippen molar-refractivity contribution in [3.05, 3.63) is 38.8 Å². The maximum Gasteiger partial charge on any atom is 0.139 e. The van der Waals surface area contributed by atoms with Crippen LogP contribution in [0.4, 0.5) is 5.82 Å². The first-order chi connectivity index (χ1) is 8.56. The summed E-state index contributed by atoms with van der Waals surface area (Å²) in [6.07, 6.45) is 1.93. The smallest absolute Gasteiger partial charge is 0.139 e. The summed E-state index contributed by atoms with van der Waals surface area (Å²) in [5, 5.41) is 0. The van der Waals surface area contributed by atoms with E-state index in [0.717, 1.165) is 26.3 Å². The van der Waals surface area contributed by atoms with E-state index in [0.29, 0.717) is 10.2 Å². The summed E-state index contributed by atoms with van der Waals surface area (Å²) >= 11 is 10.9. The van der Waals surface area contributed by atoms with E-state index in [2.05, 4.69) is 20.9 Å². The Morgan fingerprint density at radius 1 is 1.44 bits per heavy atom. The molecule has 3 rings (SSSR count). The number of thiophene rings is 1. The zero-order chi connectivity index (χ0) is 12.9. The van der Waals surface area contributed by atoms with E-state index in [1.54, 1.807) is 0 Å². The number of fused-ring (bicyclic) bond motifs is 1. The number of anilines is 1. The van der Waals surface area contributed by atoms with E-state index >= 15 is 0 Å². The molecule has 0 bridgehead atoms. The number of pyridine rings is 1. The van der Waals surface area contributed by atoms with Crippen LogP contribution in [0, 0.1) is 6.92 Å². The average molecular weight is 343 g/mol. The molecule has 3 aromatic heterocycles. The third-order valence-electron chi connectivity index (χ3n) is 2.70. The summed E-state index contributed by atoms with van der Waals surface area (Å²) in [6.45, 7) is 2.03. The van der Waals surface area contributed by atoms with Crippen molar-refractivity contribution in [1.82, 2.24) is 9.38 Å². The Morgan fingerprint density at radius 2 is 2.22 bits per heavy atom. The molecule has 0 radical (unpaired) electrons. The van der Waals surface area contributed by atoms with E-state index in [1.807, 2.05) is 35.7 Å². The quantitative estimate of drug-likeness (QED) is 0.713. The number of halogens is 2. The van der Waals surface area contributed by atoms with Gasteiger partial charge < -0.3 is 5.73 Å². The van der Waals surface area contributed by atoms with Crippen molar-refractivity contribution in [3.8, 4) is 10.6 Å². The summed E-state index contributed by atoms with van der Waals surface area (Å²) in [7, 11) is 0. The lowest BCUT2D eigenvalue weighted by Crippen LogP contribution is -1.93. The summed E-state index contributed by atoms with van der Waals surface area (Å²) in [6, 6.07) is 5.95. The van der Waals surface area contributed by atoms with Gasteiger partial charge in [0, 0.05) is 10.7 Å². The normalized spacial score (nSPS) is 11.3. The molecular weight excluding hydrogens is 334 g/mol. The van der Waals surface area contributed by atoms with Gasteiger partial charge in [-0.25, -0.2) is 4.98 Å². The monoisotopic (exact) mass is 341 g/mol. The molecule has 2 N–H and O–H groups in total. The first-order valence-corrected chi connectivity index (χ1v) is 7.24. The van der Waals surface area contributed by atoms with Crippen LogP contribution in [0.1, 0.15) is 5.56 Å². The number of nitrogens with two attached hydrogens (primary N) is 1. The number of hydrogen-bond acceptors (Lipinski definition) is 3. The minimum Gasteiger partial charge on any atom is -0.383 e. The van der Waals surface area contributed by atoms with Crippen LogP contribution in [0.5, 0.6) is 0 Å². The Hall–Kier alpha value is -1.04. The van der Waals surface area contributed by atoms with Crippen LogP contribution in [0.15, 0.2) is 28.9 Å². The van der Waals surface area contributed by atoms with Gasteiger partial charge in [0.1, 0.15) is 21.5 Å². The number of nitrogen functional groups attached to an aromatic ring is 1. The van der Waals surface area contributed by atoms with Crippen LogP contribution in [0.3, 0.4) is 0 Å². The molecular formula is C12H9BrClN3S. The van der Waals surface area contributed by atoms with Crippen LogP contribution in [-0.2, 0) is 0 Å². The van der Waals surface area contributed by atoms with Crippen molar-refractivity contribution in [3.63, 3.8) is 0 Å². The summed E-state index contributed by atoms with van der Waals surface area (Å²) < 4.78 is 3.46. The maximum absolute atomic E-state index is 6.13. The zero-order valence-electron chi connectivity index (χ0n) is 9.45. The zero-order valence-corrected chi connectivity index (χ0v) is 12.6. The Morgan fingerprint density at radius 3 is 2.89 bits per heavy atom. The van der Waals surface area contributed by atoms with E-state index < -0.39 is 0 Å². The number of imidazole rings is 1. The molecule has 0 saturated heterocycles. The molecule has 6 heteroatoms. The molecule has 18 heavy (non-hydrogen) atoms. The Kier molecular flexibility index (Phi) is 2.84. The van der Waals surface area contributed by atoms with Crippen molar-refractivity contribution < 1.29 is 0 Å². The van der Waals surface area contributed by atoms with Gasteiger partial charge in [-0.15, -0.1) is 11.3 Å². The fraction of sp³-hybridized carbons (Fsp3) is 0.0833. The molecule has 0 aliphatic heterocycles. The number of hydrogen-bond donors (Lipinski definition) is 1. The molecule has 0 aromatic carbocycles. The molecule has 0 spiro atoms. The summed E-state index contributed by atoms with van der Waals surface area (Å²) in [5.74, 6) is 0.635. The molecule has 0 aliphatic carbocycles. The molecule has 0 saturated carbocycles. The number of rotatable bonds is 1. The van der Waals surface area contributed by atoms with Gasteiger partial charge in [0.15, 0.2) is 0 Å². The highest BCUT2D eigenvalue weighted by atomic mass is 79.9. The third kappa shape index (κ3) is 1.83. The van der Waals surface area contributed by atoms with Gasteiger partial charge in [0.2, 0.25) is 0 Å². The van der Waals surface area contributed by atoms with Crippen molar-refractivity contribution in [2.45, 2.75) is 6.92 Å². The molecule has 0 fully saturated rings. The summed E-state index contributed by atoms with van der Waals surface area (Å²) in [4.78, 5) is 5.53. The van der Waals surface area contributed by atoms with Crippen LogP contribution < -0.4 is 5.73 Å². The standard InChI is InChI=1S/C12H9BrClN3S/c1-6-2-3-17-9(4-6)16-10(12(17)15)8-5-7(13)11(14)18-8/h2-5H,15H2,1H3. The Labute approximate surface area is 121 Å². The van der Waals surface area contributed by atoms with Gasteiger partial charge in [-0.3, -0.25) is 4.40 Å². The second-order valence-electron chi connectivity index (χ2n) is 4.01. The van der Waals surface area contributed by atoms with Crippen LogP contribution >= 0.6 is 38.9 Å². The largest absolute Gasteiger partial charge is 0.383 e. The predicted octanol–water partition coefficient (Wildman–Crippen LogP) is 4.37. The molecule has 3 aromatic rings. The maximum atomic E-state index is 6.13. The van der Waals surface area contributed by atoms with E-state index in [9.17, 15) is 0 Å². The van der Waals surface area contributed by atoms with Crippen LogP contribution in [0.2, 0.25) is 4.34 Å². The minimum absolute atomic E-state index is 0.635.